The fraction of sp³-hybridized carbons (Fsp3) is 0.462. The van der Waals surface area contributed by atoms with Gasteiger partial charge in [-0.1, -0.05) is 12.1 Å². The Balaban J connectivity index is 1.32. The van der Waals surface area contributed by atoms with Gasteiger partial charge < -0.3 is 19.6 Å². The molecule has 0 N–H and O–H groups in total. The Morgan fingerprint density at radius 3 is 2.50 bits per heavy atom. The molecule has 0 unspecified atom stereocenters. The molecule has 2 fully saturated rings. The molecule has 6 nitrogen and oxygen atoms in total. The van der Waals surface area contributed by atoms with Crippen LogP contribution in [0.5, 0.6) is 0 Å². The van der Waals surface area contributed by atoms with Crippen LogP contribution >= 0.6 is 0 Å². The van der Waals surface area contributed by atoms with Crippen molar-refractivity contribution in [1.29, 1.82) is 0 Å². The summed E-state index contributed by atoms with van der Waals surface area (Å²) in [6.07, 6.45) is 3.29. The van der Waals surface area contributed by atoms with Gasteiger partial charge in [0.1, 0.15) is 6.17 Å². The second kappa shape index (κ2) is 8.15. The molecule has 5 rings (SSSR count). The molecule has 3 heterocycles. The summed E-state index contributed by atoms with van der Waals surface area (Å²) in [6, 6.07) is 12.0. The average Bonchev–Trinajstić information content (AvgIpc) is 2.83. The van der Waals surface area contributed by atoms with Crippen LogP contribution in [-0.4, -0.2) is 67.6 Å². The molecule has 6 heteroatoms. The third-order valence-corrected chi connectivity index (χ3v) is 7.52. The summed E-state index contributed by atoms with van der Waals surface area (Å²) in [5, 5.41) is 0. The Hall–Kier alpha value is -3.02. The molecule has 32 heavy (non-hydrogen) atoms. The van der Waals surface area contributed by atoms with Gasteiger partial charge in [-0.25, -0.2) is 0 Å². The summed E-state index contributed by atoms with van der Waals surface area (Å²) < 4.78 is 0. The van der Waals surface area contributed by atoms with Gasteiger partial charge >= 0.3 is 0 Å². The lowest BCUT2D eigenvalue weighted by atomic mass is 9.97. The molecule has 0 bridgehead atoms. The Labute approximate surface area is 190 Å². The van der Waals surface area contributed by atoms with Gasteiger partial charge in [0.05, 0.1) is 11.3 Å². The standard InChI is InChI=1S/C26H32N4O2/c1-18-7-6-8-22(19(18)2)28-13-15-29(16-14-28)25(31)20-10-11-21-23(17-20)27(3)24-9-4-5-12-30(24)26(21)32/h6-8,10-11,17,24H,4-5,9,12-16H2,1-3H3/t24-/m0/s1. The van der Waals surface area contributed by atoms with Crippen LogP contribution < -0.4 is 9.80 Å². The van der Waals surface area contributed by atoms with E-state index in [1.807, 2.05) is 35.0 Å². The molecule has 2 saturated heterocycles. The normalized spacial score (nSPS) is 20.8. The summed E-state index contributed by atoms with van der Waals surface area (Å²) in [7, 11) is 2.05. The molecular weight excluding hydrogens is 400 g/mol. The van der Waals surface area contributed by atoms with E-state index in [-0.39, 0.29) is 18.0 Å². The SMILES string of the molecule is Cc1cccc(N2CCN(C(=O)c3ccc4c(c3)N(C)[C@@H]3CCCCN3C4=O)CC2)c1C. The molecule has 0 spiro atoms. The van der Waals surface area contributed by atoms with E-state index >= 15 is 0 Å². The molecule has 168 valence electrons. The Bertz CT molecular complexity index is 1060. The maximum atomic E-state index is 13.3. The molecule has 0 radical (unpaired) electrons. The van der Waals surface area contributed by atoms with E-state index in [9.17, 15) is 9.59 Å². The molecule has 0 aliphatic carbocycles. The first-order valence-electron chi connectivity index (χ1n) is 11.7. The average molecular weight is 433 g/mol. The van der Waals surface area contributed by atoms with Crippen molar-refractivity contribution in [2.75, 3.05) is 49.6 Å². The van der Waals surface area contributed by atoms with Gasteiger partial charge in [-0.05, 0) is 68.5 Å². The number of fused-ring (bicyclic) bond motifs is 2. The monoisotopic (exact) mass is 432 g/mol. The number of anilines is 2. The summed E-state index contributed by atoms with van der Waals surface area (Å²) in [5.74, 6) is 0.157. The highest BCUT2D eigenvalue weighted by Crippen LogP contribution is 2.35. The fourth-order valence-corrected chi connectivity index (χ4v) is 5.42. The molecular formula is C26H32N4O2. The van der Waals surface area contributed by atoms with E-state index in [0.717, 1.165) is 44.6 Å². The van der Waals surface area contributed by atoms with E-state index < -0.39 is 0 Å². The summed E-state index contributed by atoms with van der Waals surface area (Å²) in [5.41, 5.74) is 6.15. The van der Waals surface area contributed by atoms with Crippen molar-refractivity contribution in [2.24, 2.45) is 0 Å². The van der Waals surface area contributed by atoms with Crippen molar-refractivity contribution in [1.82, 2.24) is 9.80 Å². The number of amides is 2. The number of carbonyl (C=O) groups is 2. The largest absolute Gasteiger partial charge is 0.368 e. The molecule has 2 aromatic carbocycles. The number of benzene rings is 2. The minimum Gasteiger partial charge on any atom is -0.368 e. The summed E-state index contributed by atoms with van der Waals surface area (Å²) in [4.78, 5) is 34.8. The Morgan fingerprint density at radius 1 is 0.938 bits per heavy atom. The number of carbonyl (C=O) groups excluding carboxylic acids is 2. The summed E-state index contributed by atoms with van der Waals surface area (Å²) >= 11 is 0. The Kier molecular flexibility index (Phi) is 5.31. The first-order chi connectivity index (χ1) is 15.5. The van der Waals surface area contributed by atoms with Gasteiger partial charge in [-0.15, -0.1) is 0 Å². The van der Waals surface area contributed by atoms with Gasteiger partial charge in [0, 0.05) is 51.0 Å². The van der Waals surface area contributed by atoms with E-state index in [2.05, 4.69) is 41.8 Å². The minimum atomic E-state index is 0.0559. The maximum Gasteiger partial charge on any atom is 0.257 e. The zero-order valence-electron chi connectivity index (χ0n) is 19.3. The molecule has 0 aromatic heterocycles. The molecule has 3 aliphatic rings. The summed E-state index contributed by atoms with van der Waals surface area (Å²) in [6.45, 7) is 8.19. The number of piperazine rings is 1. The Morgan fingerprint density at radius 2 is 1.72 bits per heavy atom. The van der Waals surface area contributed by atoms with E-state index in [1.165, 1.54) is 16.8 Å². The predicted octanol–water partition coefficient (Wildman–Crippen LogP) is 3.67. The van der Waals surface area contributed by atoms with Gasteiger partial charge in [0.25, 0.3) is 11.8 Å². The van der Waals surface area contributed by atoms with Crippen LogP contribution in [0.15, 0.2) is 36.4 Å². The van der Waals surface area contributed by atoms with Crippen LogP contribution in [0.2, 0.25) is 0 Å². The van der Waals surface area contributed by atoms with Crippen LogP contribution in [0.25, 0.3) is 0 Å². The number of piperidine rings is 1. The zero-order chi connectivity index (χ0) is 22.4. The molecule has 2 aromatic rings. The lowest BCUT2D eigenvalue weighted by molar-refractivity contribution is 0.0588. The third kappa shape index (κ3) is 3.42. The van der Waals surface area contributed by atoms with Crippen LogP contribution in [0, 0.1) is 13.8 Å². The molecule has 2 amide bonds. The van der Waals surface area contributed by atoms with Crippen molar-refractivity contribution in [3.05, 3.63) is 58.7 Å². The van der Waals surface area contributed by atoms with Crippen LogP contribution in [0.1, 0.15) is 51.1 Å². The lowest BCUT2D eigenvalue weighted by Crippen LogP contribution is -2.56. The first kappa shape index (κ1) is 20.9. The minimum absolute atomic E-state index is 0.0559. The van der Waals surface area contributed by atoms with E-state index in [4.69, 9.17) is 0 Å². The topological polar surface area (TPSA) is 47.1 Å². The first-order valence-corrected chi connectivity index (χ1v) is 11.7. The lowest BCUT2D eigenvalue weighted by Gasteiger charge is -2.46. The number of rotatable bonds is 2. The third-order valence-electron chi connectivity index (χ3n) is 7.52. The molecule has 3 aliphatic heterocycles. The van der Waals surface area contributed by atoms with Gasteiger partial charge in [-0.3, -0.25) is 9.59 Å². The van der Waals surface area contributed by atoms with Gasteiger partial charge in [0.15, 0.2) is 0 Å². The van der Waals surface area contributed by atoms with Crippen LogP contribution in [0.4, 0.5) is 11.4 Å². The van der Waals surface area contributed by atoms with Crippen molar-refractivity contribution in [2.45, 2.75) is 39.3 Å². The van der Waals surface area contributed by atoms with Crippen LogP contribution in [0.3, 0.4) is 0 Å². The van der Waals surface area contributed by atoms with Gasteiger partial charge in [0.2, 0.25) is 0 Å². The van der Waals surface area contributed by atoms with E-state index in [0.29, 0.717) is 24.2 Å². The molecule has 0 saturated carbocycles. The smallest absolute Gasteiger partial charge is 0.257 e. The number of aryl methyl sites for hydroxylation is 1. The highest BCUT2D eigenvalue weighted by atomic mass is 16.2. The zero-order valence-corrected chi connectivity index (χ0v) is 19.3. The fourth-order valence-electron chi connectivity index (χ4n) is 5.42. The number of hydrogen-bond donors (Lipinski definition) is 0. The second-order valence-corrected chi connectivity index (χ2v) is 9.32. The highest BCUT2D eigenvalue weighted by molar-refractivity contribution is 6.04. The molecule has 1 atom stereocenters. The van der Waals surface area contributed by atoms with Crippen LogP contribution in [-0.2, 0) is 0 Å². The quantitative estimate of drug-likeness (QED) is 0.727. The predicted molar refractivity (Wildman–Crippen MR) is 128 cm³/mol. The maximum absolute atomic E-state index is 13.3. The number of nitrogens with zero attached hydrogens (tertiary/aromatic N) is 4. The van der Waals surface area contributed by atoms with Crippen molar-refractivity contribution >= 4 is 23.2 Å². The highest BCUT2D eigenvalue weighted by Gasteiger charge is 2.37. The van der Waals surface area contributed by atoms with Gasteiger partial charge in [-0.2, -0.15) is 0 Å². The number of hydrogen-bond acceptors (Lipinski definition) is 4. The second-order valence-electron chi connectivity index (χ2n) is 9.32. The van der Waals surface area contributed by atoms with E-state index in [1.54, 1.807) is 0 Å². The van der Waals surface area contributed by atoms with Crippen molar-refractivity contribution < 1.29 is 9.59 Å². The van der Waals surface area contributed by atoms with Crippen molar-refractivity contribution in [3.8, 4) is 0 Å². The van der Waals surface area contributed by atoms with Crippen molar-refractivity contribution in [3.63, 3.8) is 0 Å².